The van der Waals surface area contributed by atoms with Crippen molar-refractivity contribution in [2.45, 2.75) is 58.8 Å². The number of likely N-dealkylation sites (N-methyl/N-ethyl adjacent to an activating group) is 1. The van der Waals surface area contributed by atoms with Crippen LogP contribution < -0.4 is 15.8 Å². The maximum Gasteiger partial charge on any atom is 0.276 e. The molecule has 0 radical (unpaired) electrons. The number of pyridine rings is 2. The highest BCUT2D eigenvalue weighted by Crippen LogP contribution is 2.33. The van der Waals surface area contributed by atoms with Crippen LogP contribution in [0, 0.1) is 0 Å². The van der Waals surface area contributed by atoms with Crippen molar-refractivity contribution in [1.82, 2.24) is 28.8 Å². The Morgan fingerprint density at radius 3 is 2.69 bits per heavy atom. The molecule has 2 aliphatic heterocycles. The molecule has 4 aromatic heterocycles. The van der Waals surface area contributed by atoms with Gasteiger partial charge in [0, 0.05) is 69.0 Å². The Kier molecular flexibility index (Phi) is 7.70. The summed E-state index contributed by atoms with van der Waals surface area (Å²) in [6, 6.07) is 7.55. The summed E-state index contributed by atoms with van der Waals surface area (Å²) in [4.78, 5) is 35.2. The fraction of sp³-hybridized carbons (Fsp3) is 0.419. The standard InChI is InChI=1S/C31H38N8O3/c1-4-5-6-7-21-14-27-31(42)38(12-11-37(27)17-21)29-25(20-40)24(8-9-32-29)22-15-26(30(41)36(3)18-22)33-28-16-23-19-35(2)10-13-39(23)34-28/h8-9,14-18,40H,4-7,10-13,19-20H2,1-3H3,(H,33,34). The van der Waals surface area contributed by atoms with Crippen LogP contribution in [0.2, 0.25) is 0 Å². The van der Waals surface area contributed by atoms with Crippen molar-refractivity contribution < 1.29 is 9.90 Å². The third kappa shape index (κ3) is 5.25. The lowest BCUT2D eigenvalue weighted by molar-refractivity contribution is 0.0964. The van der Waals surface area contributed by atoms with Gasteiger partial charge in [0.25, 0.3) is 11.5 Å². The fourth-order valence-electron chi connectivity index (χ4n) is 5.99. The number of aromatic nitrogens is 5. The second-order valence-corrected chi connectivity index (χ2v) is 11.3. The van der Waals surface area contributed by atoms with E-state index in [1.54, 1.807) is 30.4 Å². The van der Waals surface area contributed by atoms with Gasteiger partial charge >= 0.3 is 0 Å². The molecule has 0 aromatic carbocycles. The molecule has 0 unspecified atom stereocenters. The van der Waals surface area contributed by atoms with Crippen LogP contribution in [-0.4, -0.2) is 59.9 Å². The zero-order valence-corrected chi connectivity index (χ0v) is 24.5. The van der Waals surface area contributed by atoms with Crippen LogP contribution in [0.25, 0.3) is 11.1 Å². The molecule has 0 saturated heterocycles. The second-order valence-electron chi connectivity index (χ2n) is 11.3. The van der Waals surface area contributed by atoms with Crippen LogP contribution in [0.4, 0.5) is 17.3 Å². The average molecular weight is 571 g/mol. The first-order valence-electron chi connectivity index (χ1n) is 14.7. The highest BCUT2D eigenvalue weighted by Gasteiger charge is 2.30. The molecular weight excluding hydrogens is 532 g/mol. The van der Waals surface area contributed by atoms with Gasteiger partial charge in [-0.15, -0.1) is 0 Å². The first kappa shape index (κ1) is 27.9. The van der Waals surface area contributed by atoms with E-state index in [0.717, 1.165) is 50.2 Å². The van der Waals surface area contributed by atoms with Gasteiger partial charge in [-0.2, -0.15) is 5.10 Å². The molecule has 42 heavy (non-hydrogen) atoms. The molecule has 0 bridgehead atoms. The quantitative estimate of drug-likeness (QED) is 0.296. The lowest BCUT2D eigenvalue weighted by Gasteiger charge is -2.29. The van der Waals surface area contributed by atoms with E-state index in [1.165, 1.54) is 16.6 Å². The number of anilines is 3. The van der Waals surface area contributed by atoms with Crippen molar-refractivity contribution in [2.24, 2.45) is 7.05 Å². The van der Waals surface area contributed by atoms with E-state index in [9.17, 15) is 14.7 Å². The van der Waals surface area contributed by atoms with Crippen molar-refractivity contribution in [1.29, 1.82) is 0 Å². The molecule has 6 heterocycles. The molecule has 11 nitrogen and oxygen atoms in total. The molecule has 11 heteroatoms. The minimum atomic E-state index is -0.307. The van der Waals surface area contributed by atoms with Gasteiger partial charge in [0.1, 0.15) is 17.2 Å². The molecule has 0 aliphatic carbocycles. The molecule has 1 amide bonds. The number of hydrogen-bond donors (Lipinski definition) is 2. The lowest BCUT2D eigenvalue weighted by Crippen LogP contribution is -2.41. The van der Waals surface area contributed by atoms with Crippen molar-refractivity contribution in [3.05, 3.63) is 75.7 Å². The number of hydrogen-bond acceptors (Lipinski definition) is 7. The summed E-state index contributed by atoms with van der Waals surface area (Å²) in [5, 5.41) is 18.4. The molecule has 0 spiro atoms. The summed E-state index contributed by atoms with van der Waals surface area (Å²) in [6.07, 6.45) is 9.86. The number of rotatable bonds is 9. The largest absolute Gasteiger partial charge is 0.392 e. The molecule has 6 rings (SSSR count). The number of aliphatic hydroxyl groups excluding tert-OH is 1. The normalized spacial score (nSPS) is 15.1. The SMILES string of the molecule is CCCCCc1cc2n(c1)CCN(c1nccc(-c3cc(Nc4cc5n(n4)CCN(C)C5)c(=O)n(C)c3)c1CO)C2=O. The number of fused-ring (bicyclic) bond motifs is 2. The fourth-order valence-corrected chi connectivity index (χ4v) is 5.99. The predicted molar refractivity (Wildman–Crippen MR) is 162 cm³/mol. The van der Waals surface area contributed by atoms with E-state index >= 15 is 0 Å². The molecular formula is C31H38N8O3. The number of amides is 1. The maximum atomic E-state index is 13.7. The number of carbonyl (C=O) groups is 1. The number of aryl methyl sites for hydroxylation is 2. The highest BCUT2D eigenvalue weighted by atomic mass is 16.3. The van der Waals surface area contributed by atoms with Crippen LogP contribution in [-0.2, 0) is 39.7 Å². The Bertz CT molecular complexity index is 1680. The van der Waals surface area contributed by atoms with E-state index in [0.29, 0.717) is 47.2 Å². The Balaban J connectivity index is 1.31. The minimum Gasteiger partial charge on any atom is -0.392 e. The summed E-state index contributed by atoms with van der Waals surface area (Å²) >= 11 is 0. The highest BCUT2D eigenvalue weighted by molar-refractivity contribution is 6.06. The van der Waals surface area contributed by atoms with Crippen LogP contribution in [0.5, 0.6) is 0 Å². The lowest BCUT2D eigenvalue weighted by atomic mass is 10.0. The third-order valence-corrected chi connectivity index (χ3v) is 8.24. The van der Waals surface area contributed by atoms with Gasteiger partial charge in [-0.3, -0.25) is 24.1 Å². The summed E-state index contributed by atoms with van der Waals surface area (Å²) in [5.74, 6) is 0.928. The van der Waals surface area contributed by atoms with E-state index in [-0.39, 0.29) is 18.1 Å². The zero-order valence-electron chi connectivity index (χ0n) is 24.5. The van der Waals surface area contributed by atoms with Gasteiger partial charge in [0.05, 0.1) is 18.8 Å². The van der Waals surface area contributed by atoms with Crippen molar-refractivity contribution in [3.8, 4) is 11.1 Å². The predicted octanol–water partition coefficient (Wildman–Crippen LogP) is 3.52. The van der Waals surface area contributed by atoms with Crippen LogP contribution in [0.15, 0.2) is 47.7 Å². The number of nitrogens with zero attached hydrogens (tertiary/aromatic N) is 7. The van der Waals surface area contributed by atoms with E-state index in [2.05, 4.69) is 40.5 Å². The van der Waals surface area contributed by atoms with Gasteiger partial charge in [0.2, 0.25) is 0 Å². The first-order chi connectivity index (χ1) is 20.4. The molecule has 220 valence electrons. The zero-order chi connectivity index (χ0) is 29.4. The van der Waals surface area contributed by atoms with E-state index in [1.807, 2.05) is 27.4 Å². The van der Waals surface area contributed by atoms with Crippen LogP contribution in [0.3, 0.4) is 0 Å². The Hall–Kier alpha value is -4.22. The number of unbranched alkanes of at least 4 members (excludes halogenated alkanes) is 2. The second kappa shape index (κ2) is 11.6. The number of nitrogens with one attached hydrogen (secondary N) is 1. The Labute approximate surface area is 245 Å². The van der Waals surface area contributed by atoms with Crippen LogP contribution in [0.1, 0.15) is 53.5 Å². The Morgan fingerprint density at radius 2 is 1.88 bits per heavy atom. The van der Waals surface area contributed by atoms with Gasteiger partial charge < -0.3 is 19.6 Å². The molecule has 0 atom stereocenters. The minimum absolute atomic E-state index is 0.125. The van der Waals surface area contributed by atoms with Gasteiger partial charge in [-0.05, 0) is 49.2 Å². The molecule has 0 fully saturated rings. The monoisotopic (exact) mass is 570 g/mol. The van der Waals surface area contributed by atoms with Gasteiger partial charge in [-0.1, -0.05) is 19.8 Å². The van der Waals surface area contributed by atoms with E-state index in [4.69, 9.17) is 0 Å². The number of carbonyl (C=O) groups excluding carboxylic acids is 1. The molecule has 4 aromatic rings. The molecule has 0 saturated carbocycles. The third-order valence-electron chi connectivity index (χ3n) is 8.24. The first-order valence-corrected chi connectivity index (χ1v) is 14.7. The summed E-state index contributed by atoms with van der Waals surface area (Å²) in [6.45, 7) is 5.51. The van der Waals surface area contributed by atoms with Gasteiger partial charge in [-0.25, -0.2) is 4.98 Å². The maximum absolute atomic E-state index is 13.7. The summed E-state index contributed by atoms with van der Waals surface area (Å²) < 4.78 is 5.51. The molecule has 2 aliphatic rings. The summed E-state index contributed by atoms with van der Waals surface area (Å²) in [7, 11) is 3.77. The topological polar surface area (TPSA) is 113 Å². The van der Waals surface area contributed by atoms with E-state index < -0.39 is 0 Å². The smallest absolute Gasteiger partial charge is 0.276 e. The van der Waals surface area contributed by atoms with Gasteiger partial charge in [0.15, 0.2) is 5.82 Å². The number of aliphatic hydroxyl groups is 1. The van der Waals surface area contributed by atoms with Crippen molar-refractivity contribution in [2.75, 3.05) is 30.4 Å². The summed E-state index contributed by atoms with van der Waals surface area (Å²) in [5.41, 5.74) is 5.07. The van der Waals surface area contributed by atoms with Crippen LogP contribution >= 0.6 is 0 Å². The van der Waals surface area contributed by atoms with Crippen molar-refractivity contribution >= 4 is 23.2 Å². The Morgan fingerprint density at radius 1 is 1.02 bits per heavy atom. The average Bonchev–Trinajstić information content (AvgIpc) is 3.59. The van der Waals surface area contributed by atoms with Crippen molar-refractivity contribution in [3.63, 3.8) is 0 Å². The molecule has 2 N–H and O–H groups in total.